The number of likely N-dealkylation sites (N-methyl/N-ethyl adjacent to an activating group) is 3. The van der Waals surface area contributed by atoms with E-state index in [1.54, 1.807) is 60.9 Å². The topological polar surface area (TPSA) is 622 Å². The van der Waals surface area contributed by atoms with Crippen LogP contribution in [0.2, 0.25) is 0 Å². The number of thioether (sulfide) groups is 1. The number of carboxylic acid groups (broad SMARTS) is 1. The average Bonchev–Trinajstić information content (AvgIpc) is 1.66. The number of aromatic hydroxyl groups is 1. The number of phenolic OH excluding ortho intramolecular Hbond substituents is 1. The normalized spacial score (nSPS) is 26.6. The Balaban J connectivity index is 1.07. The second-order valence-electron chi connectivity index (χ2n) is 33.0. The Morgan fingerprint density at radius 1 is 0.535 bits per heavy atom. The number of Topliss-reactive ketones (excluding diaryl/α,β-unsaturated/α-hetero) is 1. The van der Waals surface area contributed by atoms with Crippen LogP contribution in [-0.2, 0) is 106 Å². The van der Waals surface area contributed by atoms with Gasteiger partial charge in [0.05, 0.1) is 37.5 Å². The number of carbonyl (C=O) groups is 18. The molecule has 4 aliphatic heterocycles. The molecule has 3 fully saturated rings. The molecule has 0 unspecified atom stereocenters. The van der Waals surface area contributed by atoms with Crippen molar-refractivity contribution in [3.05, 3.63) is 114 Å². The molecular weight excluding hydrogens is 1700 g/mol. The molecule has 15 atom stereocenters. The number of nitrogens with zero attached hydrogens (tertiary/aromatic N) is 5. The Kier molecular flexibility index (Phi) is 36.6. The Morgan fingerprint density at radius 3 is 1.71 bits per heavy atom. The van der Waals surface area contributed by atoms with Gasteiger partial charge in [0.25, 0.3) is 0 Å². The molecule has 3 saturated heterocycles. The van der Waals surface area contributed by atoms with Crippen molar-refractivity contribution in [1.29, 1.82) is 0 Å². The number of benzene rings is 3. The zero-order valence-corrected chi connectivity index (χ0v) is 73.4. The van der Waals surface area contributed by atoms with Crippen molar-refractivity contribution in [2.75, 3.05) is 65.4 Å². The molecular formula is C87H117N19O22S. The van der Waals surface area contributed by atoms with Gasteiger partial charge in [0, 0.05) is 119 Å². The summed E-state index contributed by atoms with van der Waals surface area (Å²) in [7, 11) is 3.89. The van der Waals surface area contributed by atoms with E-state index >= 15 is 28.8 Å². The number of carboxylic acids is 1. The molecule has 698 valence electrons. The first-order valence-electron chi connectivity index (χ1n) is 43.0. The standard InChI is InChI=1S/C87H117N19O22S/c1-47-75(116)101-65(78(119)93-42-72(90)112)45-129-46-73(113)95-60(33-49-26-28-53(108)29-27-49)83(124)102(3)48(2)76(117)97-62(38-74(114)115)86(127)105-32-18-25-67(105)82(123)99-63(39-88)79(120)96-59(30-31-71(89)111)85(126)106-43-54(109)37-69(106)70(110)36-50(34-51-40-91-57-21-16-14-19-55(51)57)77(118)100-64(44-107)80(121)98-61(35-52-41-92-58-22-17-15-20-56(52)58)84(125)104(5)68-24-13-11-9-7-6-8-10-12-23-66(81(122)94-47)103(4)87(68)128/h6-7,14-17,19-22,26-29,40-41,47-48,50,54,59-69,91-92,107-109H,8-13,18,23-25,30-39,42-46,88H2,1-5H3,(H2,89,111)(H2,90,112)(H,93,119)(H,94,122)(H,95,113)(H,96,120)(H,97,117)(H,98,121)(H,99,123)(H,100,118)(H,101,116)(H,114,115)/b7-6-/t47-,48-,50+,54+,59-,60-,61-,62-,63-,64-,65-,66-,67-,68-,69-/m0/s1. The van der Waals surface area contributed by atoms with Crippen molar-refractivity contribution in [3.63, 3.8) is 0 Å². The minimum absolute atomic E-state index is 0.0117. The van der Waals surface area contributed by atoms with Crippen LogP contribution in [-0.4, -0.2) is 311 Å². The number of aliphatic carboxylic acids is 1. The summed E-state index contributed by atoms with van der Waals surface area (Å²) in [5, 5.41) is 66.9. The van der Waals surface area contributed by atoms with Gasteiger partial charge in [0.15, 0.2) is 5.78 Å². The Labute approximate surface area is 747 Å². The minimum atomic E-state index is -1.92. The lowest BCUT2D eigenvalue weighted by molar-refractivity contribution is -0.149. The summed E-state index contributed by atoms with van der Waals surface area (Å²) in [5.74, 6) is -20.4. The Morgan fingerprint density at radius 2 is 1.09 bits per heavy atom. The lowest BCUT2D eigenvalue weighted by Gasteiger charge is -2.36. The zero-order chi connectivity index (χ0) is 94.0. The van der Waals surface area contributed by atoms with Gasteiger partial charge in [-0.25, -0.2) is 0 Å². The van der Waals surface area contributed by atoms with Crippen LogP contribution in [0.5, 0.6) is 5.75 Å². The molecule has 5 aromatic rings. The van der Waals surface area contributed by atoms with Gasteiger partial charge >= 0.3 is 5.97 Å². The highest BCUT2D eigenvalue weighted by Gasteiger charge is 2.46. The lowest BCUT2D eigenvalue weighted by atomic mass is 9.90. The van der Waals surface area contributed by atoms with Crippen LogP contribution in [0.4, 0.5) is 0 Å². The van der Waals surface area contributed by atoms with Crippen molar-refractivity contribution in [2.45, 2.75) is 214 Å². The number of para-hydroxylation sites is 2. The summed E-state index contributed by atoms with van der Waals surface area (Å²) in [6.45, 7) is -0.681. The molecule has 0 saturated carbocycles. The summed E-state index contributed by atoms with van der Waals surface area (Å²) in [6, 6.07) is -1.11. The van der Waals surface area contributed by atoms with Gasteiger partial charge < -0.3 is 120 Å². The first-order chi connectivity index (χ1) is 61.5. The lowest BCUT2D eigenvalue weighted by Crippen LogP contribution is -2.61. The predicted octanol–water partition coefficient (Wildman–Crippen LogP) is -2.96. The quantitative estimate of drug-likeness (QED) is 0.0439. The second-order valence-corrected chi connectivity index (χ2v) is 34.0. The number of amides is 16. The van der Waals surface area contributed by atoms with Crippen LogP contribution < -0.4 is 65.1 Å². The molecule has 0 aliphatic carbocycles. The zero-order valence-electron chi connectivity index (χ0n) is 72.6. The number of aliphatic hydroxyl groups is 2. The number of hydrogen-bond acceptors (Lipinski definition) is 23. The van der Waals surface area contributed by atoms with E-state index in [1.807, 2.05) is 12.2 Å². The summed E-state index contributed by atoms with van der Waals surface area (Å²) in [6.07, 6.45) is 4.84. The molecule has 42 heteroatoms. The number of H-pyrrole nitrogens is 2. The molecule has 0 spiro atoms. The number of aromatic nitrogens is 2. The number of phenols is 1. The highest BCUT2D eigenvalue weighted by atomic mass is 32.2. The highest BCUT2D eigenvalue weighted by Crippen LogP contribution is 2.30. The SMILES string of the molecule is C[C@@H]1NC(=O)[C@@H]2CCCC/C=C\CCCC[C@@H](C(=O)N2C)N(C)C(=O)[C@H](Cc2c[nH]c3ccccc23)NC(=O)[C@H](CO)NC(=O)[C@H](Cc2c[nH]c3ccccc23)CC(=O)[C@@H]2C[C@@H](O)CN2C(=O)[C@H](CCC(N)=O)NC(=O)[C@H](CN)NC(=O)[C@@H]2CCCN2C(=O)[C@H](CC(=O)O)NC(=O)[C@H](C)N(C)C(=O)[C@H](Cc2ccc(O)cc2)NC(=O)CSC[C@@H](C(=O)NCC(N)=O)NC1=O. The maximum absolute atomic E-state index is 15.7. The van der Waals surface area contributed by atoms with E-state index in [-0.39, 0.29) is 57.2 Å². The predicted molar refractivity (Wildman–Crippen MR) is 469 cm³/mol. The van der Waals surface area contributed by atoms with Crippen molar-refractivity contribution >= 4 is 140 Å². The van der Waals surface area contributed by atoms with E-state index in [0.717, 1.165) is 31.4 Å². The molecule has 2 bridgehead atoms. The Hall–Kier alpha value is -12.8. The molecule has 16 amide bonds. The fourth-order valence-corrected chi connectivity index (χ4v) is 17.1. The van der Waals surface area contributed by atoms with Crippen molar-refractivity contribution in [3.8, 4) is 5.75 Å². The Bertz CT molecular complexity index is 4970. The van der Waals surface area contributed by atoms with Gasteiger partial charge in [0.1, 0.15) is 78.3 Å². The van der Waals surface area contributed by atoms with Gasteiger partial charge in [0.2, 0.25) is 94.5 Å². The summed E-state index contributed by atoms with van der Waals surface area (Å²) in [4.78, 5) is 270. The van der Waals surface area contributed by atoms with Crippen LogP contribution in [0, 0.1) is 5.92 Å². The molecule has 21 N–H and O–H groups in total. The number of carbonyl (C=O) groups excluding carboxylic acids is 17. The van der Waals surface area contributed by atoms with Crippen LogP contribution in [0.15, 0.2) is 97.3 Å². The van der Waals surface area contributed by atoms with E-state index < -0.39 is 267 Å². The van der Waals surface area contributed by atoms with Gasteiger partial charge in [-0.15, -0.1) is 11.8 Å². The highest BCUT2D eigenvalue weighted by molar-refractivity contribution is 8.00. The molecule has 2 aromatic heterocycles. The van der Waals surface area contributed by atoms with E-state index in [4.69, 9.17) is 17.2 Å². The van der Waals surface area contributed by atoms with Gasteiger partial charge in [-0.05, 0) is 119 Å². The number of primary amides is 2. The third-order valence-corrected chi connectivity index (χ3v) is 24.7. The fourth-order valence-electron chi connectivity index (χ4n) is 16.3. The average molecular weight is 1810 g/mol. The molecule has 6 heterocycles. The van der Waals surface area contributed by atoms with Gasteiger partial charge in [-0.1, -0.05) is 73.5 Å². The van der Waals surface area contributed by atoms with E-state index in [9.17, 15) is 78.0 Å². The second kappa shape index (κ2) is 47.3. The number of aromatic amines is 2. The summed E-state index contributed by atoms with van der Waals surface area (Å²) < 4.78 is 0. The maximum Gasteiger partial charge on any atom is 0.305 e. The molecule has 41 nitrogen and oxygen atoms in total. The monoisotopic (exact) mass is 1810 g/mol. The fraction of sp³-hybridized carbons (Fsp3) is 0.517. The number of hydrogen-bond donors (Lipinski definition) is 18. The first kappa shape index (κ1) is 99.9. The summed E-state index contributed by atoms with van der Waals surface area (Å²) >= 11 is 0.764. The number of allylic oxidation sites excluding steroid dienone is 2. The van der Waals surface area contributed by atoms with Crippen LogP contribution in [0.3, 0.4) is 0 Å². The number of nitrogens with one attached hydrogen (secondary N) is 11. The smallest absolute Gasteiger partial charge is 0.305 e. The van der Waals surface area contributed by atoms with E-state index in [2.05, 4.69) is 57.8 Å². The van der Waals surface area contributed by atoms with Crippen molar-refractivity contribution < 1.29 is 107 Å². The van der Waals surface area contributed by atoms with E-state index in [1.165, 1.54) is 64.2 Å². The van der Waals surface area contributed by atoms with E-state index in [0.29, 0.717) is 77.0 Å². The number of rotatable bonds is 16. The molecule has 3 aromatic carbocycles. The van der Waals surface area contributed by atoms with Crippen molar-refractivity contribution in [2.24, 2.45) is 23.1 Å². The number of nitrogens with two attached hydrogens (primary N) is 3. The maximum atomic E-state index is 15.7. The third kappa shape index (κ3) is 27.4. The molecule has 0 radical (unpaired) electrons. The van der Waals surface area contributed by atoms with Gasteiger partial charge in [-0.3, -0.25) is 86.3 Å². The third-order valence-electron chi connectivity index (χ3n) is 23.7. The van der Waals surface area contributed by atoms with Crippen molar-refractivity contribution in [1.82, 2.24) is 82.3 Å². The van der Waals surface area contributed by atoms with Crippen LogP contribution >= 0.6 is 11.8 Å². The van der Waals surface area contributed by atoms with Crippen LogP contribution in [0.1, 0.15) is 127 Å². The minimum Gasteiger partial charge on any atom is -0.508 e. The number of aliphatic hydroxyl groups excluding tert-OH is 2. The molecule has 9 rings (SSSR count). The van der Waals surface area contributed by atoms with Gasteiger partial charge in [-0.2, -0.15) is 0 Å². The largest absolute Gasteiger partial charge is 0.508 e. The molecule has 129 heavy (non-hydrogen) atoms. The number of ketones is 1. The van der Waals surface area contributed by atoms with Crippen LogP contribution in [0.25, 0.3) is 21.8 Å². The number of fused-ring (bicyclic) bond motifs is 7. The molecule has 4 aliphatic rings. The summed E-state index contributed by atoms with van der Waals surface area (Å²) in [5.41, 5.74) is 19.8. The first-order valence-corrected chi connectivity index (χ1v) is 44.1.